The van der Waals surface area contributed by atoms with Crippen LogP contribution in [-0.4, -0.2) is 44.8 Å². The molecule has 124 valence electrons. The summed E-state index contributed by atoms with van der Waals surface area (Å²) in [7, 11) is 0. The Bertz CT molecular complexity index is 123. The summed E-state index contributed by atoms with van der Waals surface area (Å²) in [4.78, 5) is 0. The van der Waals surface area contributed by atoms with Crippen LogP contribution in [0.2, 0.25) is 0 Å². The van der Waals surface area contributed by atoms with Crippen molar-refractivity contribution in [3.05, 3.63) is 0 Å². The van der Waals surface area contributed by atoms with Crippen molar-refractivity contribution in [3.63, 3.8) is 0 Å². The molecule has 0 spiro atoms. The first kappa shape index (κ1) is 37.3. The molecule has 0 saturated heterocycles. The Labute approximate surface area is 147 Å². The maximum absolute atomic E-state index is 8.50. The molecular weight excluding hydrogens is 336 g/mol. The summed E-state index contributed by atoms with van der Waals surface area (Å²) in [5.41, 5.74) is 0. The van der Waals surface area contributed by atoms with E-state index in [0.29, 0.717) is 0 Å². The zero-order valence-electron chi connectivity index (χ0n) is 13.9. The average Bonchev–Trinajstić information content (AvgIpc) is 1.97. The van der Waals surface area contributed by atoms with E-state index in [4.69, 9.17) is 27.1 Å². The normalized spacial score (nSPS) is 7.60. The predicted molar refractivity (Wildman–Crippen MR) is 70.8 cm³/mol. The summed E-state index contributed by atoms with van der Waals surface area (Å²) < 4.78 is 17.0. The van der Waals surface area contributed by atoms with Gasteiger partial charge in [-0.15, -0.1) is 0 Å². The van der Waals surface area contributed by atoms with E-state index in [9.17, 15) is 0 Å². The monoisotopic (exact) mass is 368 g/mol. The molecule has 0 bridgehead atoms. The molecule has 0 atom stereocenters. The molecule has 4 N–H and O–H groups in total. The average molecular weight is 368 g/mol. The molecule has 0 unspecified atom stereocenters. The third-order valence-electron chi connectivity index (χ3n) is 0. The van der Waals surface area contributed by atoms with Crippen LogP contribution in [0.25, 0.3) is 0 Å². The molecule has 0 fully saturated rings. The molecule has 0 aliphatic carbocycles. The van der Waals surface area contributed by atoms with E-state index in [1.165, 1.54) is 0 Å². The molecule has 0 amide bonds. The third-order valence-corrected chi connectivity index (χ3v) is 0. The van der Waals surface area contributed by atoms with Gasteiger partial charge in [0.25, 0.3) is 0 Å². The van der Waals surface area contributed by atoms with Gasteiger partial charge in [0.1, 0.15) is 0 Å². The quantitative estimate of drug-likeness (QED) is 0.480. The molecule has 6 nitrogen and oxygen atoms in total. The van der Waals surface area contributed by atoms with Crippen molar-refractivity contribution in [2.24, 2.45) is 0 Å². The second kappa shape index (κ2) is 36.8. The first-order valence-electron chi connectivity index (χ1n) is 6.06. The van der Waals surface area contributed by atoms with E-state index in [2.05, 4.69) is 0 Å². The molecule has 0 saturated carbocycles. The summed E-state index contributed by atoms with van der Waals surface area (Å²) in [6.45, 7) is 13.8. The first-order chi connectivity index (χ1) is 8.34. The fourth-order valence-electron chi connectivity index (χ4n) is 0. The van der Waals surface area contributed by atoms with Gasteiger partial charge in [0.15, 0.2) is 0 Å². The van der Waals surface area contributed by atoms with Crippen molar-refractivity contribution in [1.29, 1.82) is 0 Å². The van der Waals surface area contributed by atoms with Crippen molar-refractivity contribution >= 4 is 0 Å². The van der Waals surface area contributed by atoms with Gasteiger partial charge in [0.2, 0.25) is 0 Å². The summed E-state index contributed by atoms with van der Waals surface area (Å²) in [6.07, 6.45) is -0.667. The van der Waals surface area contributed by atoms with Crippen molar-refractivity contribution in [1.82, 2.24) is 0 Å². The number of hydrogen-bond donors (Lipinski definition) is 4. The Kier molecular flexibility index (Phi) is 68.5. The van der Waals surface area contributed by atoms with Crippen LogP contribution in [0.5, 0.6) is 0 Å². The standard InChI is InChI=1S/4C3H8O.2O.2Ti/c4*1-3(2)4;;;;/h4*3-4H,1-2H3;;;;. The Hall–Kier alpha value is 0.869. The van der Waals surface area contributed by atoms with Gasteiger partial charge in [0, 0.05) is 46.1 Å². The second-order valence-corrected chi connectivity index (χ2v) is 4.72. The van der Waals surface area contributed by atoms with Crippen molar-refractivity contribution in [3.8, 4) is 0 Å². The Morgan fingerprint density at radius 1 is 0.550 bits per heavy atom. The van der Waals surface area contributed by atoms with Crippen LogP contribution in [0.15, 0.2) is 0 Å². The van der Waals surface area contributed by atoms with Crippen LogP contribution in [-0.2, 0) is 47.5 Å². The molecule has 20 heavy (non-hydrogen) atoms. The first-order valence-corrected chi connectivity index (χ1v) is 7.33. The van der Waals surface area contributed by atoms with E-state index in [0.717, 1.165) is 0 Å². The Morgan fingerprint density at radius 2 is 0.550 bits per heavy atom. The number of hydrogen-bond acceptors (Lipinski definition) is 6. The molecule has 0 aromatic rings. The molecule has 0 aliphatic heterocycles. The fourth-order valence-corrected chi connectivity index (χ4v) is 0. The number of aliphatic hydroxyl groups excluding tert-OH is 4. The largest absolute Gasteiger partial charge is 0 e. The maximum atomic E-state index is 8.50. The van der Waals surface area contributed by atoms with Gasteiger partial charge >= 0.3 is 25.7 Å². The van der Waals surface area contributed by atoms with Gasteiger partial charge < -0.3 is 20.4 Å². The van der Waals surface area contributed by atoms with E-state index < -0.39 is 19.1 Å². The molecule has 8 heteroatoms. The fraction of sp³-hybridized carbons (Fsp3) is 1.00. The maximum Gasteiger partial charge on any atom is 0 e. The Balaban J connectivity index is -0.0000000304. The molecule has 0 aliphatic rings. The smallest absolute Gasteiger partial charge is 0 e. The summed E-state index contributed by atoms with van der Waals surface area (Å²) in [5.74, 6) is 0. The molecule has 0 heterocycles. The van der Waals surface area contributed by atoms with E-state index in [-0.39, 0.29) is 46.1 Å². The van der Waals surface area contributed by atoms with Gasteiger partial charge in [-0.1, -0.05) is 0 Å². The van der Waals surface area contributed by atoms with E-state index in [1.54, 1.807) is 55.4 Å². The minimum Gasteiger partial charge on any atom is 0 e. The Morgan fingerprint density at radius 3 is 0.550 bits per heavy atom. The SMILES string of the molecule is CC(C)O.CC(C)O.CC(C)O.CC(C)O.[O]=[Ti]=[O].[Ti]. The van der Waals surface area contributed by atoms with Crippen LogP contribution in [0, 0.1) is 0 Å². The molecular formula is C12H32O6Ti2. The summed E-state index contributed by atoms with van der Waals surface area (Å²) in [5, 5.41) is 32.2. The molecule has 0 aromatic carbocycles. The van der Waals surface area contributed by atoms with Crippen LogP contribution in [0.3, 0.4) is 0 Å². The molecule has 0 radical (unpaired) electrons. The van der Waals surface area contributed by atoms with Crippen molar-refractivity contribution in [2.45, 2.75) is 79.8 Å². The van der Waals surface area contributed by atoms with E-state index >= 15 is 0 Å². The predicted octanol–water partition coefficient (Wildman–Crippen LogP) is 1.31. The topological polar surface area (TPSA) is 115 Å². The third kappa shape index (κ3) is 7990. The van der Waals surface area contributed by atoms with Crippen LogP contribution in [0.4, 0.5) is 0 Å². The van der Waals surface area contributed by atoms with Crippen LogP contribution >= 0.6 is 0 Å². The summed E-state index contributed by atoms with van der Waals surface area (Å²) >= 11 is -2.00. The van der Waals surface area contributed by atoms with Crippen LogP contribution < -0.4 is 0 Å². The molecule has 0 rings (SSSR count). The van der Waals surface area contributed by atoms with Crippen molar-refractivity contribution < 1.29 is 67.9 Å². The summed E-state index contributed by atoms with van der Waals surface area (Å²) in [6, 6.07) is 0. The number of rotatable bonds is 0. The minimum absolute atomic E-state index is 0. The second-order valence-electron chi connectivity index (χ2n) is 4.46. The minimum atomic E-state index is -2.00. The van der Waals surface area contributed by atoms with Gasteiger partial charge in [-0.3, -0.25) is 0 Å². The van der Waals surface area contributed by atoms with Crippen molar-refractivity contribution in [2.75, 3.05) is 0 Å². The van der Waals surface area contributed by atoms with E-state index in [1.807, 2.05) is 0 Å². The zero-order valence-corrected chi connectivity index (χ0v) is 17.0. The van der Waals surface area contributed by atoms with Gasteiger partial charge in [-0.2, -0.15) is 0 Å². The van der Waals surface area contributed by atoms with Gasteiger partial charge in [0.05, 0.1) is 0 Å². The van der Waals surface area contributed by atoms with Crippen LogP contribution in [0.1, 0.15) is 55.4 Å². The zero-order chi connectivity index (χ0) is 17.0. The van der Waals surface area contributed by atoms with Gasteiger partial charge in [-0.05, 0) is 55.4 Å². The number of aliphatic hydroxyl groups is 4. The molecule has 0 aromatic heterocycles. The van der Waals surface area contributed by atoms with Gasteiger partial charge in [-0.25, -0.2) is 0 Å².